The molecule has 4 rings (SSSR count). The summed E-state index contributed by atoms with van der Waals surface area (Å²) < 4.78 is 23.5. The molecule has 1 atom stereocenters. The first-order valence-corrected chi connectivity index (χ1v) is 12.8. The minimum absolute atomic E-state index is 0.0191. The van der Waals surface area contributed by atoms with Gasteiger partial charge < -0.3 is 4.74 Å². The van der Waals surface area contributed by atoms with Crippen LogP contribution in [0.5, 0.6) is 0 Å². The summed E-state index contributed by atoms with van der Waals surface area (Å²) in [5, 5.41) is 0.589. The smallest absolute Gasteiger partial charge is 0.340 e. The number of fused-ring (bicyclic) bond motifs is 1. The fourth-order valence-corrected chi connectivity index (χ4v) is 5.39. The third-order valence-electron chi connectivity index (χ3n) is 4.97. The Hall–Kier alpha value is -2.07. The Balaban J connectivity index is 1.52. The zero-order chi connectivity index (χ0) is 23.5. The summed E-state index contributed by atoms with van der Waals surface area (Å²) in [6.45, 7) is 3.01. The van der Waals surface area contributed by atoms with Crippen LogP contribution in [0.4, 0.5) is 10.1 Å². The minimum atomic E-state index is -0.682. The number of benzene rings is 2. The van der Waals surface area contributed by atoms with Crippen LogP contribution in [-0.4, -0.2) is 27.2 Å². The largest absolute Gasteiger partial charge is 0.458 e. The molecule has 0 spiro atoms. The molecule has 33 heavy (non-hydrogen) atoms. The number of rotatable bonds is 6. The molecule has 11 heteroatoms. The van der Waals surface area contributed by atoms with Gasteiger partial charge in [0.2, 0.25) is 4.80 Å². The summed E-state index contributed by atoms with van der Waals surface area (Å²) in [5.41, 5.74) is -0.0529. The highest BCUT2D eigenvalue weighted by Gasteiger charge is 2.20. The highest BCUT2D eigenvalue weighted by molar-refractivity contribution is 7.99. The van der Waals surface area contributed by atoms with Gasteiger partial charge in [0.05, 0.1) is 10.6 Å². The number of esters is 1. The number of hydrogen-bond acceptors (Lipinski definition) is 6. The fraction of sp³-hybridized carbons (Fsp3) is 0.318. The quantitative estimate of drug-likeness (QED) is 0.312. The molecule has 6 nitrogen and oxygen atoms in total. The van der Waals surface area contributed by atoms with E-state index in [9.17, 15) is 14.0 Å². The summed E-state index contributed by atoms with van der Waals surface area (Å²) in [4.78, 5) is 30.5. The van der Waals surface area contributed by atoms with E-state index in [1.54, 1.807) is 28.4 Å². The van der Waals surface area contributed by atoms with E-state index >= 15 is 0 Å². The Morgan fingerprint density at radius 2 is 1.91 bits per heavy atom. The van der Waals surface area contributed by atoms with Crippen molar-refractivity contribution in [1.82, 2.24) is 9.36 Å². The topological polar surface area (TPSA) is 65.6 Å². The molecule has 2 aromatic carbocycles. The lowest BCUT2D eigenvalue weighted by Crippen LogP contribution is -2.31. The molecule has 0 N–H and O–H groups in total. The lowest BCUT2D eigenvalue weighted by molar-refractivity contribution is 0.0386. The molecule has 174 valence electrons. The van der Waals surface area contributed by atoms with Crippen LogP contribution in [0.25, 0.3) is 0 Å². The van der Waals surface area contributed by atoms with Crippen LogP contribution in [0, 0.1) is 5.82 Å². The Bertz CT molecular complexity index is 1300. The molecule has 0 aliphatic carbocycles. The first kappa shape index (κ1) is 24.1. The van der Waals surface area contributed by atoms with Crippen molar-refractivity contribution in [2.45, 2.75) is 43.9 Å². The van der Waals surface area contributed by atoms with E-state index in [4.69, 9.17) is 27.9 Å². The van der Waals surface area contributed by atoms with Crippen molar-refractivity contribution in [3.05, 3.63) is 72.3 Å². The normalized spacial score (nSPS) is 14.7. The molecule has 1 unspecified atom stereocenters. The van der Waals surface area contributed by atoms with E-state index in [2.05, 4.69) is 4.99 Å². The van der Waals surface area contributed by atoms with Gasteiger partial charge in [-0.1, -0.05) is 23.2 Å². The minimum Gasteiger partial charge on any atom is -0.458 e. The number of aromatic nitrogens is 2. The Morgan fingerprint density at radius 3 is 2.64 bits per heavy atom. The standard InChI is InChI=1S/C22H20Cl2FN3O3S2/c1-13(12-32-15-6-4-14(23)5-7-15)31-20(29)16-10-19(18(25)11-17(16)24)26-21-27-8-2-3-9-28(27)22(30)33-21/h4-7,10-11,13H,2-3,8-9,12H2,1H3. The van der Waals surface area contributed by atoms with Gasteiger partial charge in [-0.3, -0.25) is 9.48 Å². The predicted molar refractivity (Wildman–Crippen MR) is 129 cm³/mol. The van der Waals surface area contributed by atoms with Gasteiger partial charge in [-0.25, -0.2) is 18.9 Å². The molecule has 1 aliphatic rings. The average molecular weight is 528 g/mol. The molecular weight excluding hydrogens is 508 g/mol. The van der Waals surface area contributed by atoms with E-state index in [1.165, 1.54) is 17.8 Å². The maximum Gasteiger partial charge on any atom is 0.340 e. The second kappa shape index (κ2) is 10.5. The maximum atomic E-state index is 14.6. The molecule has 3 aromatic rings. The SMILES string of the molecule is CC(CSc1ccc(Cl)cc1)OC(=O)c1cc(N=c2sc(=O)n3n2CCCC3)c(F)cc1Cl. The molecule has 0 fully saturated rings. The summed E-state index contributed by atoms with van der Waals surface area (Å²) in [7, 11) is 0. The number of thioether (sulfide) groups is 1. The van der Waals surface area contributed by atoms with E-state index in [-0.39, 0.29) is 21.1 Å². The molecule has 0 amide bonds. The first-order chi connectivity index (χ1) is 15.8. The Kier molecular flexibility index (Phi) is 7.63. The molecule has 0 saturated carbocycles. The zero-order valence-corrected chi connectivity index (χ0v) is 20.7. The van der Waals surface area contributed by atoms with Crippen molar-refractivity contribution >= 4 is 58.0 Å². The average Bonchev–Trinajstić information content (AvgIpc) is 3.10. The van der Waals surface area contributed by atoms with Gasteiger partial charge in [-0.2, -0.15) is 0 Å². The van der Waals surface area contributed by atoms with Gasteiger partial charge in [-0.15, -0.1) is 11.8 Å². The van der Waals surface area contributed by atoms with Crippen molar-refractivity contribution in [3.8, 4) is 0 Å². The van der Waals surface area contributed by atoms with Crippen molar-refractivity contribution in [1.29, 1.82) is 0 Å². The summed E-state index contributed by atoms with van der Waals surface area (Å²) in [6.07, 6.45) is 1.41. The highest BCUT2D eigenvalue weighted by Crippen LogP contribution is 2.28. The molecule has 0 bridgehead atoms. The molecule has 1 aliphatic heterocycles. The van der Waals surface area contributed by atoms with Gasteiger partial charge in [0.1, 0.15) is 17.6 Å². The Labute approximate surface area is 207 Å². The van der Waals surface area contributed by atoms with E-state index in [0.717, 1.165) is 35.1 Å². The highest BCUT2D eigenvalue weighted by atomic mass is 35.5. The van der Waals surface area contributed by atoms with Crippen LogP contribution in [0.15, 0.2) is 51.1 Å². The molecule has 0 saturated heterocycles. The lowest BCUT2D eigenvalue weighted by atomic mass is 10.2. The summed E-state index contributed by atoms with van der Waals surface area (Å²) >= 11 is 14.5. The second-order valence-corrected chi connectivity index (χ2v) is 10.3. The van der Waals surface area contributed by atoms with Crippen molar-refractivity contribution < 1.29 is 13.9 Å². The third kappa shape index (κ3) is 5.71. The summed E-state index contributed by atoms with van der Waals surface area (Å²) in [5.74, 6) is -0.829. The van der Waals surface area contributed by atoms with E-state index in [1.807, 2.05) is 12.1 Å². The van der Waals surface area contributed by atoms with Crippen molar-refractivity contribution in [3.63, 3.8) is 0 Å². The monoisotopic (exact) mass is 527 g/mol. The lowest BCUT2D eigenvalue weighted by Gasteiger charge is -2.16. The number of ether oxygens (including phenoxy) is 1. The maximum absolute atomic E-state index is 14.6. The van der Waals surface area contributed by atoms with Crippen molar-refractivity contribution in [2.24, 2.45) is 4.99 Å². The van der Waals surface area contributed by atoms with Crippen molar-refractivity contribution in [2.75, 3.05) is 5.75 Å². The van der Waals surface area contributed by atoms with Gasteiger partial charge in [0.25, 0.3) is 0 Å². The molecule has 1 aromatic heterocycles. The third-order valence-corrected chi connectivity index (χ3v) is 7.65. The summed E-state index contributed by atoms with van der Waals surface area (Å²) in [6, 6.07) is 9.67. The van der Waals surface area contributed by atoms with Crippen LogP contribution < -0.4 is 9.67 Å². The fourth-order valence-electron chi connectivity index (χ4n) is 3.32. The van der Waals surface area contributed by atoms with Gasteiger partial charge >= 0.3 is 10.8 Å². The van der Waals surface area contributed by atoms with Crippen LogP contribution >= 0.6 is 46.3 Å². The number of halogens is 3. The molecule has 0 radical (unpaired) electrons. The van der Waals surface area contributed by atoms with Crippen LogP contribution in [0.1, 0.15) is 30.1 Å². The van der Waals surface area contributed by atoms with Crippen LogP contribution in [0.3, 0.4) is 0 Å². The second-order valence-electron chi connectivity index (χ2n) is 7.48. The molecule has 2 heterocycles. The van der Waals surface area contributed by atoms with Crippen LogP contribution in [-0.2, 0) is 17.8 Å². The van der Waals surface area contributed by atoms with Crippen LogP contribution in [0.2, 0.25) is 10.0 Å². The van der Waals surface area contributed by atoms with Gasteiger partial charge in [0.15, 0.2) is 0 Å². The number of nitrogens with zero attached hydrogens (tertiary/aromatic N) is 3. The van der Waals surface area contributed by atoms with Gasteiger partial charge in [0, 0.05) is 28.8 Å². The molecular formula is C22H20Cl2FN3O3S2. The van der Waals surface area contributed by atoms with E-state index in [0.29, 0.717) is 28.7 Å². The number of carbonyl (C=O) groups excluding carboxylic acids is 1. The van der Waals surface area contributed by atoms with Gasteiger partial charge in [-0.05, 0) is 67.5 Å². The zero-order valence-electron chi connectivity index (χ0n) is 17.6. The number of hydrogen-bond donors (Lipinski definition) is 0. The first-order valence-electron chi connectivity index (χ1n) is 10.3. The predicted octanol–water partition coefficient (Wildman–Crippen LogP) is 5.52. The van der Waals surface area contributed by atoms with E-state index < -0.39 is 17.9 Å². The Morgan fingerprint density at radius 1 is 1.21 bits per heavy atom. The number of carbonyl (C=O) groups is 1.